The van der Waals surface area contributed by atoms with Gasteiger partial charge in [-0.25, -0.2) is 0 Å². The molecule has 2 aromatic rings. The lowest BCUT2D eigenvalue weighted by atomic mass is 9.98. The van der Waals surface area contributed by atoms with E-state index in [4.69, 9.17) is 9.84 Å². The van der Waals surface area contributed by atoms with Crippen molar-refractivity contribution in [3.05, 3.63) is 47.5 Å². The van der Waals surface area contributed by atoms with Gasteiger partial charge in [0.15, 0.2) is 0 Å². The number of benzene rings is 2. The van der Waals surface area contributed by atoms with E-state index in [0.29, 0.717) is 5.57 Å². The van der Waals surface area contributed by atoms with Gasteiger partial charge < -0.3 is 25.6 Å². The van der Waals surface area contributed by atoms with Gasteiger partial charge in [-0.05, 0) is 47.0 Å². The second-order valence-corrected chi connectivity index (χ2v) is 7.82. The fourth-order valence-electron chi connectivity index (χ4n) is 3.58. The van der Waals surface area contributed by atoms with Crippen molar-refractivity contribution in [2.24, 2.45) is 0 Å². The van der Waals surface area contributed by atoms with Gasteiger partial charge in [0.25, 0.3) is 5.91 Å². The van der Waals surface area contributed by atoms with Crippen LogP contribution in [0.15, 0.2) is 42.0 Å². The minimum atomic E-state index is -1.06. The summed E-state index contributed by atoms with van der Waals surface area (Å²) >= 11 is 0. The molecule has 0 spiro atoms. The third-order valence-corrected chi connectivity index (χ3v) is 5.56. The van der Waals surface area contributed by atoms with Crippen molar-refractivity contribution >= 4 is 27.9 Å². The summed E-state index contributed by atoms with van der Waals surface area (Å²) in [6, 6.07) is 13.9. The van der Waals surface area contributed by atoms with Gasteiger partial charge in [-0.2, -0.15) is 5.26 Å². The third kappa shape index (κ3) is 6.28. The summed E-state index contributed by atoms with van der Waals surface area (Å²) in [5, 5.41) is 35.8. The van der Waals surface area contributed by atoms with Gasteiger partial charge in [0.1, 0.15) is 11.6 Å². The Morgan fingerprint density at radius 1 is 1.22 bits per heavy atom. The molecule has 0 radical (unpaired) electrons. The van der Waals surface area contributed by atoms with Crippen molar-refractivity contribution in [2.75, 3.05) is 57.9 Å². The summed E-state index contributed by atoms with van der Waals surface area (Å²) in [6.45, 7) is 6.52. The average molecular weight is 439 g/mol. The molecule has 1 saturated heterocycles. The Balaban J connectivity index is 1.68. The second kappa shape index (κ2) is 11.6. The molecule has 1 aliphatic heterocycles. The number of aliphatic hydroxyl groups is 2. The number of ether oxygens (including phenoxy) is 1. The Hall–Kier alpha value is -2.96. The van der Waals surface area contributed by atoms with Crippen molar-refractivity contribution in [3.63, 3.8) is 0 Å². The standard InChI is InChI=1S/C24H30N4O4/c1-17(23(14-25)24(31)27-15-22(30)16-29)18-2-3-20-13-21(5-4-19(20)12-18)26-6-7-28-8-10-32-11-9-28/h2-5,12-13,22,26,29-30H,6-11,15-16H2,1H3,(H,27,31). The molecule has 8 heteroatoms. The first-order chi connectivity index (χ1) is 15.5. The molecule has 0 aliphatic carbocycles. The number of carbonyl (C=O) groups excluding carboxylic acids is 1. The molecule has 170 valence electrons. The Labute approximate surface area is 188 Å². The van der Waals surface area contributed by atoms with Crippen LogP contribution in [0.25, 0.3) is 16.3 Å². The summed E-state index contributed by atoms with van der Waals surface area (Å²) in [7, 11) is 0. The van der Waals surface area contributed by atoms with E-state index in [1.165, 1.54) is 0 Å². The van der Waals surface area contributed by atoms with Crippen molar-refractivity contribution in [1.82, 2.24) is 10.2 Å². The van der Waals surface area contributed by atoms with Crippen LogP contribution in [0.1, 0.15) is 12.5 Å². The summed E-state index contributed by atoms with van der Waals surface area (Å²) in [6.07, 6.45) is -1.06. The Kier molecular flexibility index (Phi) is 8.59. The number of nitrogens with zero attached hydrogens (tertiary/aromatic N) is 2. The molecule has 0 saturated carbocycles. The molecule has 0 aromatic heterocycles. The SMILES string of the molecule is CC(=C(C#N)C(=O)NCC(O)CO)c1ccc2cc(NCCN3CCOCC3)ccc2c1. The zero-order valence-corrected chi connectivity index (χ0v) is 18.3. The minimum absolute atomic E-state index is 0.0177. The lowest BCUT2D eigenvalue weighted by molar-refractivity contribution is -0.117. The predicted molar refractivity (Wildman–Crippen MR) is 124 cm³/mol. The Morgan fingerprint density at radius 2 is 1.94 bits per heavy atom. The van der Waals surface area contributed by atoms with Crippen LogP contribution in [0.5, 0.6) is 0 Å². The fraction of sp³-hybridized carbons (Fsp3) is 0.417. The van der Waals surface area contributed by atoms with Crippen molar-refractivity contribution in [3.8, 4) is 6.07 Å². The first-order valence-electron chi connectivity index (χ1n) is 10.8. The minimum Gasteiger partial charge on any atom is -0.394 e. The highest BCUT2D eigenvalue weighted by molar-refractivity contribution is 6.05. The number of fused-ring (bicyclic) bond motifs is 1. The monoisotopic (exact) mass is 438 g/mol. The molecular formula is C24H30N4O4. The first-order valence-corrected chi connectivity index (χ1v) is 10.8. The number of anilines is 1. The highest BCUT2D eigenvalue weighted by Gasteiger charge is 2.15. The maximum atomic E-state index is 12.3. The number of nitriles is 1. The maximum absolute atomic E-state index is 12.3. The number of rotatable bonds is 9. The molecule has 32 heavy (non-hydrogen) atoms. The van der Waals surface area contributed by atoms with Crippen molar-refractivity contribution in [2.45, 2.75) is 13.0 Å². The number of aliphatic hydroxyl groups excluding tert-OH is 2. The van der Waals surface area contributed by atoms with E-state index in [0.717, 1.165) is 61.4 Å². The number of allylic oxidation sites excluding steroid dienone is 1. The van der Waals surface area contributed by atoms with E-state index in [9.17, 15) is 15.2 Å². The summed E-state index contributed by atoms with van der Waals surface area (Å²) in [4.78, 5) is 14.7. The van der Waals surface area contributed by atoms with Crippen molar-refractivity contribution in [1.29, 1.82) is 5.26 Å². The molecule has 1 atom stereocenters. The van der Waals surface area contributed by atoms with E-state index >= 15 is 0 Å². The molecular weight excluding hydrogens is 408 g/mol. The molecule has 1 unspecified atom stereocenters. The van der Waals surface area contributed by atoms with Gasteiger partial charge in [0.2, 0.25) is 0 Å². The largest absolute Gasteiger partial charge is 0.394 e. The van der Waals surface area contributed by atoms with Crippen LogP contribution in [0.4, 0.5) is 5.69 Å². The van der Waals surface area contributed by atoms with E-state index < -0.39 is 18.6 Å². The summed E-state index contributed by atoms with van der Waals surface area (Å²) < 4.78 is 5.38. The van der Waals surface area contributed by atoms with Gasteiger partial charge in [0, 0.05) is 38.4 Å². The van der Waals surface area contributed by atoms with Crippen LogP contribution >= 0.6 is 0 Å². The molecule has 2 aromatic carbocycles. The van der Waals surface area contributed by atoms with E-state index in [-0.39, 0.29) is 12.1 Å². The molecule has 1 fully saturated rings. The van der Waals surface area contributed by atoms with E-state index in [1.807, 2.05) is 36.4 Å². The third-order valence-electron chi connectivity index (χ3n) is 5.56. The fourth-order valence-corrected chi connectivity index (χ4v) is 3.58. The molecule has 1 amide bonds. The van der Waals surface area contributed by atoms with Crippen LogP contribution in [0.2, 0.25) is 0 Å². The molecule has 1 aliphatic rings. The highest BCUT2D eigenvalue weighted by atomic mass is 16.5. The summed E-state index contributed by atoms with van der Waals surface area (Å²) in [5.74, 6) is -0.572. The second-order valence-electron chi connectivity index (χ2n) is 7.82. The molecule has 1 heterocycles. The highest BCUT2D eigenvalue weighted by Crippen LogP contribution is 2.25. The molecule has 0 bridgehead atoms. The topological polar surface area (TPSA) is 118 Å². The van der Waals surface area contributed by atoms with Gasteiger partial charge >= 0.3 is 0 Å². The zero-order chi connectivity index (χ0) is 22.9. The predicted octanol–water partition coefficient (Wildman–Crippen LogP) is 1.35. The number of nitrogens with one attached hydrogen (secondary N) is 2. The molecule has 8 nitrogen and oxygen atoms in total. The number of amides is 1. The summed E-state index contributed by atoms with van der Waals surface area (Å²) in [5.41, 5.74) is 2.36. The maximum Gasteiger partial charge on any atom is 0.262 e. The first kappa shape index (κ1) is 23.7. The van der Waals surface area contributed by atoms with Gasteiger partial charge in [0.05, 0.1) is 25.9 Å². The normalized spacial score (nSPS) is 16.2. The van der Waals surface area contributed by atoms with E-state index in [2.05, 4.69) is 21.6 Å². The quantitative estimate of drug-likeness (QED) is 0.345. The van der Waals surface area contributed by atoms with Crippen LogP contribution in [-0.4, -0.2) is 79.7 Å². The molecule has 4 N–H and O–H groups in total. The van der Waals surface area contributed by atoms with Crippen LogP contribution < -0.4 is 10.6 Å². The van der Waals surface area contributed by atoms with Gasteiger partial charge in [-0.1, -0.05) is 18.2 Å². The van der Waals surface area contributed by atoms with Crippen LogP contribution in [0, 0.1) is 11.3 Å². The number of carbonyl (C=O) groups is 1. The lowest BCUT2D eigenvalue weighted by Crippen LogP contribution is -2.38. The van der Waals surface area contributed by atoms with Gasteiger partial charge in [-0.15, -0.1) is 0 Å². The number of hydrogen-bond donors (Lipinski definition) is 4. The van der Waals surface area contributed by atoms with Crippen LogP contribution in [0.3, 0.4) is 0 Å². The number of morpholine rings is 1. The number of hydrogen-bond acceptors (Lipinski definition) is 7. The van der Waals surface area contributed by atoms with Crippen LogP contribution in [-0.2, 0) is 9.53 Å². The lowest BCUT2D eigenvalue weighted by Gasteiger charge is -2.26. The Bertz CT molecular complexity index is 1010. The van der Waals surface area contributed by atoms with Crippen molar-refractivity contribution < 1.29 is 19.7 Å². The van der Waals surface area contributed by atoms with E-state index in [1.54, 1.807) is 6.92 Å². The zero-order valence-electron chi connectivity index (χ0n) is 18.3. The average Bonchev–Trinajstić information content (AvgIpc) is 2.83. The smallest absolute Gasteiger partial charge is 0.262 e. The van der Waals surface area contributed by atoms with Gasteiger partial charge in [-0.3, -0.25) is 9.69 Å². The molecule has 3 rings (SSSR count). The Morgan fingerprint density at radius 3 is 2.66 bits per heavy atom.